The summed E-state index contributed by atoms with van der Waals surface area (Å²) in [6.45, 7) is 6.59. The first-order chi connectivity index (χ1) is 34.5. The highest BCUT2D eigenvalue weighted by Gasteiger charge is 2.19. The second kappa shape index (κ2) is 58.9. The van der Waals surface area contributed by atoms with Crippen LogP contribution >= 0.6 is 0 Å². The first-order valence-electron chi connectivity index (χ1n) is 30.6. The topological polar surface area (TPSA) is 78.9 Å². The highest BCUT2D eigenvalue weighted by atomic mass is 16.6. The normalized spacial score (nSPS) is 12.3. The minimum atomic E-state index is -0.777. The van der Waals surface area contributed by atoms with Crippen LogP contribution in [0.1, 0.15) is 323 Å². The van der Waals surface area contributed by atoms with Gasteiger partial charge in [0, 0.05) is 19.3 Å². The quantitative estimate of drug-likeness (QED) is 0.0261. The van der Waals surface area contributed by atoms with Crippen LogP contribution in [0.25, 0.3) is 0 Å². The van der Waals surface area contributed by atoms with Crippen molar-refractivity contribution < 1.29 is 28.6 Å². The fourth-order valence-corrected chi connectivity index (χ4v) is 8.88. The molecule has 0 saturated carbocycles. The molecule has 1 atom stereocenters. The Morgan fingerprint density at radius 2 is 0.543 bits per heavy atom. The van der Waals surface area contributed by atoms with E-state index in [4.69, 9.17) is 14.2 Å². The van der Waals surface area contributed by atoms with Crippen LogP contribution in [0.5, 0.6) is 0 Å². The van der Waals surface area contributed by atoms with Gasteiger partial charge in [0.05, 0.1) is 0 Å². The zero-order valence-corrected chi connectivity index (χ0v) is 46.8. The Hall–Kier alpha value is -2.63. The van der Waals surface area contributed by atoms with Crippen molar-refractivity contribution in [3.63, 3.8) is 0 Å². The molecule has 0 rings (SSSR count). The summed E-state index contributed by atoms with van der Waals surface area (Å²) in [5.74, 6) is -0.876. The molecule has 0 bridgehead atoms. The molecule has 0 aromatic carbocycles. The van der Waals surface area contributed by atoms with Gasteiger partial charge in [0.1, 0.15) is 13.2 Å². The molecule has 0 aromatic rings. The smallest absolute Gasteiger partial charge is 0.306 e. The van der Waals surface area contributed by atoms with Crippen molar-refractivity contribution in [1.29, 1.82) is 0 Å². The number of allylic oxidation sites excluding steroid dienone is 8. The maximum absolute atomic E-state index is 12.9. The zero-order valence-electron chi connectivity index (χ0n) is 46.8. The Morgan fingerprint density at radius 1 is 0.286 bits per heavy atom. The van der Waals surface area contributed by atoms with E-state index in [-0.39, 0.29) is 31.1 Å². The third-order valence-electron chi connectivity index (χ3n) is 13.5. The lowest BCUT2D eigenvalue weighted by Gasteiger charge is -2.18. The van der Waals surface area contributed by atoms with Crippen molar-refractivity contribution in [2.75, 3.05) is 13.2 Å². The van der Waals surface area contributed by atoms with Crippen molar-refractivity contribution >= 4 is 17.9 Å². The molecule has 6 nitrogen and oxygen atoms in total. The Balaban J connectivity index is 4.24. The molecule has 0 spiro atoms. The number of hydrogen-bond donors (Lipinski definition) is 0. The average molecular weight is 982 g/mol. The summed E-state index contributed by atoms with van der Waals surface area (Å²) in [6.07, 6.45) is 72.6. The molecule has 0 N–H and O–H groups in total. The zero-order chi connectivity index (χ0) is 50.7. The van der Waals surface area contributed by atoms with Crippen molar-refractivity contribution in [1.82, 2.24) is 0 Å². The lowest BCUT2D eigenvalue weighted by atomic mass is 10.0. The Bertz CT molecular complexity index is 1220. The average Bonchev–Trinajstić information content (AvgIpc) is 3.36. The highest BCUT2D eigenvalue weighted by molar-refractivity contribution is 5.71. The van der Waals surface area contributed by atoms with Gasteiger partial charge in [-0.15, -0.1) is 0 Å². The number of esters is 3. The molecule has 0 fully saturated rings. The van der Waals surface area contributed by atoms with Gasteiger partial charge in [0.15, 0.2) is 6.10 Å². The summed E-state index contributed by atoms with van der Waals surface area (Å²) in [5, 5.41) is 0. The Labute approximate surface area is 435 Å². The number of ether oxygens (including phenoxy) is 3. The second-order valence-corrected chi connectivity index (χ2v) is 20.6. The minimum Gasteiger partial charge on any atom is -0.462 e. The third-order valence-corrected chi connectivity index (χ3v) is 13.5. The van der Waals surface area contributed by atoms with Crippen LogP contribution < -0.4 is 0 Å². The van der Waals surface area contributed by atoms with Crippen LogP contribution in [0.15, 0.2) is 48.6 Å². The molecule has 0 saturated heterocycles. The van der Waals surface area contributed by atoms with Gasteiger partial charge in [-0.2, -0.15) is 0 Å². The van der Waals surface area contributed by atoms with Crippen LogP contribution in [0.3, 0.4) is 0 Å². The molecule has 408 valence electrons. The number of hydrogen-bond acceptors (Lipinski definition) is 6. The maximum atomic E-state index is 12.9. The van der Waals surface area contributed by atoms with E-state index in [1.807, 2.05) is 0 Å². The lowest BCUT2D eigenvalue weighted by Crippen LogP contribution is -2.30. The number of carbonyl (C=O) groups is 3. The van der Waals surface area contributed by atoms with E-state index in [1.54, 1.807) is 0 Å². The van der Waals surface area contributed by atoms with Gasteiger partial charge in [-0.1, -0.05) is 256 Å². The molecule has 0 amide bonds. The van der Waals surface area contributed by atoms with Gasteiger partial charge in [0.25, 0.3) is 0 Å². The summed E-state index contributed by atoms with van der Waals surface area (Å²) in [4.78, 5) is 38.1. The van der Waals surface area contributed by atoms with Crippen LogP contribution in [0, 0.1) is 0 Å². The minimum absolute atomic E-state index is 0.0757. The maximum Gasteiger partial charge on any atom is 0.306 e. The SMILES string of the molecule is CCC/C=C\CCCCCCCC(=O)OCC(COC(=O)CCCCCCCCCCCCC/C=C\C/C=C\CCCCCCC)OC(=O)CCCCCCCCCCC/C=C\CCCCCCCC. The van der Waals surface area contributed by atoms with Crippen LogP contribution in [0.2, 0.25) is 0 Å². The molecule has 0 aliphatic heterocycles. The molecule has 0 radical (unpaired) electrons. The Morgan fingerprint density at radius 3 is 0.857 bits per heavy atom. The molecule has 0 heterocycles. The molecule has 6 heteroatoms. The predicted octanol–water partition coefficient (Wildman–Crippen LogP) is 20.6. The number of rotatable bonds is 56. The largest absolute Gasteiger partial charge is 0.462 e. The first-order valence-corrected chi connectivity index (χ1v) is 30.6. The van der Waals surface area contributed by atoms with Gasteiger partial charge in [-0.25, -0.2) is 0 Å². The highest BCUT2D eigenvalue weighted by Crippen LogP contribution is 2.16. The van der Waals surface area contributed by atoms with E-state index in [9.17, 15) is 14.4 Å². The fraction of sp³-hybridized carbons (Fsp3) is 0.828. The third kappa shape index (κ3) is 56.3. The molecular formula is C64H116O6. The van der Waals surface area contributed by atoms with E-state index < -0.39 is 6.10 Å². The van der Waals surface area contributed by atoms with Crippen molar-refractivity contribution in [3.8, 4) is 0 Å². The molecule has 0 aliphatic rings. The van der Waals surface area contributed by atoms with E-state index in [0.29, 0.717) is 19.3 Å². The van der Waals surface area contributed by atoms with Gasteiger partial charge in [0.2, 0.25) is 0 Å². The first kappa shape index (κ1) is 67.4. The van der Waals surface area contributed by atoms with Gasteiger partial charge >= 0.3 is 17.9 Å². The molecule has 0 aromatic heterocycles. The van der Waals surface area contributed by atoms with Crippen LogP contribution in [-0.4, -0.2) is 37.2 Å². The number of carbonyl (C=O) groups excluding carboxylic acids is 3. The Kier molecular flexibility index (Phi) is 56.7. The standard InChI is InChI=1S/C64H116O6/c1-4-7-10-13-16-19-22-24-26-28-30-31-32-33-35-36-38-40-42-45-48-51-54-57-63(66)69-60-61(59-68-62(65)56-53-50-47-44-21-18-15-12-9-6-3)70-64(67)58-55-52-49-46-43-41-39-37-34-29-27-25-23-20-17-14-11-8-5-2/h12,15,22,24-25,27-28,30,61H,4-11,13-14,16-21,23,26,29,31-60H2,1-3H3/b15-12-,24-22-,27-25-,30-28-. The van der Waals surface area contributed by atoms with Gasteiger partial charge < -0.3 is 14.2 Å². The molecule has 1 unspecified atom stereocenters. The van der Waals surface area contributed by atoms with Gasteiger partial charge in [-0.3, -0.25) is 14.4 Å². The second-order valence-electron chi connectivity index (χ2n) is 20.6. The van der Waals surface area contributed by atoms with Gasteiger partial charge in [-0.05, 0) is 96.3 Å². The number of unbranched alkanes of at least 4 members (excludes halogenated alkanes) is 37. The summed E-state index contributed by atoms with van der Waals surface area (Å²) < 4.78 is 16.9. The monoisotopic (exact) mass is 981 g/mol. The van der Waals surface area contributed by atoms with Crippen molar-refractivity contribution in [2.24, 2.45) is 0 Å². The van der Waals surface area contributed by atoms with E-state index in [1.165, 1.54) is 205 Å². The van der Waals surface area contributed by atoms with E-state index in [2.05, 4.69) is 69.4 Å². The summed E-state index contributed by atoms with van der Waals surface area (Å²) in [7, 11) is 0. The molecule has 0 aliphatic carbocycles. The summed E-state index contributed by atoms with van der Waals surface area (Å²) in [5.41, 5.74) is 0. The molecular weight excluding hydrogens is 865 g/mol. The predicted molar refractivity (Wildman–Crippen MR) is 302 cm³/mol. The van der Waals surface area contributed by atoms with Crippen LogP contribution in [-0.2, 0) is 28.6 Å². The summed E-state index contributed by atoms with van der Waals surface area (Å²) in [6, 6.07) is 0. The van der Waals surface area contributed by atoms with E-state index in [0.717, 1.165) is 77.0 Å². The fourth-order valence-electron chi connectivity index (χ4n) is 8.88. The van der Waals surface area contributed by atoms with E-state index >= 15 is 0 Å². The summed E-state index contributed by atoms with van der Waals surface area (Å²) >= 11 is 0. The van der Waals surface area contributed by atoms with Crippen molar-refractivity contribution in [3.05, 3.63) is 48.6 Å². The lowest BCUT2D eigenvalue weighted by molar-refractivity contribution is -0.167. The van der Waals surface area contributed by atoms with Crippen LogP contribution in [0.4, 0.5) is 0 Å². The van der Waals surface area contributed by atoms with Crippen molar-refractivity contribution in [2.45, 2.75) is 329 Å². The molecule has 70 heavy (non-hydrogen) atoms.